The first kappa shape index (κ1) is 16.4. The molecule has 0 saturated carbocycles. The predicted molar refractivity (Wildman–Crippen MR) is 77.1 cm³/mol. The Morgan fingerprint density at radius 2 is 1.95 bits per heavy atom. The Hall–Kier alpha value is -1.63. The highest BCUT2D eigenvalue weighted by Gasteiger charge is 2.16. The van der Waals surface area contributed by atoms with Crippen molar-refractivity contribution in [2.75, 3.05) is 12.8 Å². The van der Waals surface area contributed by atoms with E-state index in [9.17, 15) is 9.59 Å². The summed E-state index contributed by atoms with van der Waals surface area (Å²) in [6.07, 6.45) is 3.18. The molecule has 1 aromatic heterocycles. The van der Waals surface area contributed by atoms with Crippen LogP contribution in [0.3, 0.4) is 0 Å². The van der Waals surface area contributed by atoms with Crippen LogP contribution in [0.4, 0.5) is 0 Å². The number of unbranched alkanes of at least 4 members (excludes halogenated alkanes) is 1. The van der Waals surface area contributed by atoms with Crippen LogP contribution >= 0.6 is 11.8 Å². The van der Waals surface area contributed by atoms with E-state index in [1.165, 1.54) is 11.8 Å². The zero-order valence-corrected chi connectivity index (χ0v) is 12.7. The Morgan fingerprint density at radius 1 is 1.25 bits per heavy atom. The summed E-state index contributed by atoms with van der Waals surface area (Å²) in [5.74, 6) is -0.379. The quantitative estimate of drug-likeness (QED) is 0.453. The Morgan fingerprint density at radius 3 is 2.55 bits per heavy atom. The fourth-order valence-electron chi connectivity index (χ4n) is 1.78. The number of carbonyl (C=O) groups excluding carboxylic acids is 1. The predicted octanol–water partition coefficient (Wildman–Crippen LogP) is 1.80. The number of nitrogens with one attached hydrogen (secondary N) is 1. The van der Waals surface area contributed by atoms with Crippen LogP contribution < -0.4 is 5.32 Å². The maximum absolute atomic E-state index is 12.1. The van der Waals surface area contributed by atoms with Crippen LogP contribution in [0.5, 0.6) is 0 Å². The first-order chi connectivity index (χ1) is 9.45. The first-order valence-corrected chi connectivity index (χ1v) is 7.57. The summed E-state index contributed by atoms with van der Waals surface area (Å²) in [6.45, 7) is 4.03. The molecule has 0 spiro atoms. The average Bonchev–Trinajstić information content (AvgIpc) is 2.36. The van der Waals surface area contributed by atoms with E-state index in [0.29, 0.717) is 41.5 Å². The van der Waals surface area contributed by atoms with E-state index in [4.69, 9.17) is 5.11 Å². The van der Waals surface area contributed by atoms with Crippen LogP contribution in [-0.2, 0) is 4.79 Å². The van der Waals surface area contributed by atoms with E-state index < -0.39 is 5.97 Å². The SMILES string of the molecule is CSc1nc(C)nc(C)c1C(=O)NCCCCC(=O)O. The van der Waals surface area contributed by atoms with Crippen molar-refractivity contribution in [2.45, 2.75) is 38.1 Å². The molecule has 1 heterocycles. The summed E-state index contributed by atoms with van der Waals surface area (Å²) in [7, 11) is 0. The highest BCUT2D eigenvalue weighted by atomic mass is 32.2. The molecule has 0 atom stereocenters. The van der Waals surface area contributed by atoms with Crippen molar-refractivity contribution in [3.05, 3.63) is 17.1 Å². The largest absolute Gasteiger partial charge is 0.481 e. The zero-order chi connectivity index (χ0) is 15.1. The fourth-order valence-corrected chi connectivity index (χ4v) is 2.45. The smallest absolute Gasteiger partial charge is 0.303 e. The lowest BCUT2D eigenvalue weighted by molar-refractivity contribution is -0.137. The zero-order valence-electron chi connectivity index (χ0n) is 11.9. The van der Waals surface area contributed by atoms with Crippen LogP contribution in [0, 0.1) is 13.8 Å². The number of thioether (sulfide) groups is 1. The minimum atomic E-state index is -0.816. The van der Waals surface area contributed by atoms with E-state index >= 15 is 0 Å². The maximum atomic E-state index is 12.1. The molecule has 1 aromatic rings. The molecular formula is C13H19N3O3S. The van der Waals surface area contributed by atoms with Gasteiger partial charge in [0.25, 0.3) is 5.91 Å². The third-order valence-electron chi connectivity index (χ3n) is 2.69. The molecule has 0 bridgehead atoms. The van der Waals surface area contributed by atoms with Crippen molar-refractivity contribution < 1.29 is 14.7 Å². The number of aromatic nitrogens is 2. The second-order valence-electron chi connectivity index (χ2n) is 4.35. The lowest BCUT2D eigenvalue weighted by Crippen LogP contribution is -2.26. The van der Waals surface area contributed by atoms with E-state index in [1.807, 2.05) is 6.26 Å². The van der Waals surface area contributed by atoms with Crippen molar-refractivity contribution in [1.82, 2.24) is 15.3 Å². The lowest BCUT2D eigenvalue weighted by Gasteiger charge is -2.10. The highest BCUT2D eigenvalue weighted by molar-refractivity contribution is 7.98. The van der Waals surface area contributed by atoms with Gasteiger partial charge in [-0.1, -0.05) is 0 Å². The van der Waals surface area contributed by atoms with Crippen molar-refractivity contribution in [3.63, 3.8) is 0 Å². The standard InChI is InChI=1S/C13H19N3O3S/c1-8-11(13(20-3)16-9(2)15-8)12(19)14-7-5-4-6-10(17)18/h4-7H2,1-3H3,(H,14,19)(H,17,18). The van der Waals surface area contributed by atoms with Gasteiger partial charge in [-0.05, 0) is 32.9 Å². The summed E-state index contributed by atoms with van der Waals surface area (Å²) in [5, 5.41) is 12.0. The number of amides is 1. The lowest BCUT2D eigenvalue weighted by atomic mass is 10.2. The molecule has 0 fully saturated rings. The minimum absolute atomic E-state index is 0.124. The van der Waals surface area contributed by atoms with E-state index in [2.05, 4.69) is 15.3 Å². The molecule has 0 radical (unpaired) electrons. The van der Waals surface area contributed by atoms with Gasteiger partial charge in [0, 0.05) is 13.0 Å². The molecule has 20 heavy (non-hydrogen) atoms. The summed E-state index contributed by atoms with van der Waals surface area (Å²) in [5.41, 5.74) is 1.16. The summed E-state index contributed by atoms with van der Waals surface area (Å²) < 4.78 is 0. The first-order valence-electron chi connectivity index (χ1n) is 6.35. The Bertz CT molecular complexity index is 506. The number of hydrogen-bond donors (Lipinski definition) is 2. The number of carboxylic acid groups (broad SMARTS) is 1. The van der Waals surface area contributed by atoms with Crippen LogP contribution in [0.15, 0.2) is 5.03 Å². The van der Waals surface area contributed by atoms with Gasteiger partial charge in [0.05, 0.1) is 11.3 Å². The average molecular weight is 297 g/mol. The monoisotopic (exact) mass is 297 g/mol. The molecule has 110 valence electrons. The Kier molecular flexibility index (Phi) is 6.44. The van der Waals surface area contributed by atoms with Crippen LogP contribution in [0.25, 0.3) is 0 Å². The number of aryl methyl sites for hydroxylation is 2. The molecule has 0 aliphatic heterocycles. The third-order valence-corrected chi connectivity index (χ3v) is 3.37. The molecule has 0 aliphatic rings. The molecule has 0 aromatic carbocycles. The van der Waals surface area contributed by atoms with E-state index in [1.54, 1.807) is 13.8 Å². The van der Waals surface area contributed by atoms with Gasteiger partial charge in [-0.15, -0.1) is 11.8 Å². The molecule has 0 saturated heterocycles. The number of nitrogens with zero attached hydrogens (tertiary/aromatic N) is 2. The number of aliphatic carboxylic acids is 1. The molecule has 7 heteroatoms. The topological polar surface area (TPSA) is 92.2 Å². The molecule has 0 aliphatic carbocycles. The third kappa shape index (κ3) is 4.80. The molecule has 1 amide bonds. The number of rotatable bonds is 7. The van der Waals surface area contributed by atoms with Crippen LogP contribution in [-0.4, -0.2) is 39.8 Å². The molecule has 6 nitrogen and oxygen atoms in total. The molecule has 2 N–H and O–H groups in total. The van der Waals surface area contributed by atoms with Gasteiger partial charge in [0.1, 0.15) is 10.9 Å². The summed E-state index contributed by atoms with van der Waals surface area (Å²) >= 11 is 1.41. The Labute approximate surface area is 122 Å². The fraction of sp³-hybridized carbons (Fsp3) is 0.538. The second kappa shape index (κ2) is 7.84. The van der Waals surface area contributed by atoms with Crippen LogP contribution in [0.1, 0.15) is 41.1 Å². The molecule has 0 unspecified atom stereocenters. The maximum Gasteiger partial charge on any atom is 0.303 e. The van der Waals surface area contributed by atoms with Gasteiger partial charge in [0.15, 0.2) is 0 Å². The molecule has 1 rings (SSSR count). The van der Waals surface area contributed by atoms with Gasteiger partial charge < -0.3 is 10.4 Å². The van der Waals surface area contributed by atoms with E-state index in [0.717, 1.165) is 0 Å². The summed E-state index contributed by atoms with van der Waals surface area (Å²) in [4.78, 5) is 31.0. The van der Waals surface area contributed by atoms with Gasteiger partial charge in [-0.25, -0.2) is 9.97 Å². The second-order valence-corrected chi connectivity index (χ2v) is 5.14. The van der Waals surface area contributed by atoms with Gasteiger partial charge in [-0.2, -0.15) is 0 Å². The normalized spacial score (nSPS) is 10.3. The number of carbonyl (C=O) groups is 2. The van der Waals surface area contributed by atoms with Crippen LogP contribution in [0.2, 0.25) is 0 Å². The number of carboxylic acids is 1. The molecular weight excluding hydrogens is 278 g/mol. The van der Waals surface area contributed by atoms with E-state index in [-0.39, 0.29) is 12.3 Å². The van der Waals surface area contributed by atoms with Gasteiger partial charge >= 0.3 is 5.97 Å². The minimum Gasteiger partial charge on any atom is -0.481 e. The van der Waals surface area contributed by atoms with Crippen molar-refractivity contribution in [2.24, 2.45) is 0 Å². The number of hydrogen-bond acceptors (Lipinski definition) is 5. The van der Waals surface area contributed by atoms with Gasteiger partial charge in [-0.3, -0.25) is 9.59 Å². The van der Waals surface area contributed by atoms with Crippen molar-refractivity contribution in [1.29, 1.82) is 0 Å². The van der Waals surface area contributed by atoms with Crippen molar-refractivity contribution in [3.8, 4) is 0 Å². The van der Waals surface area contributed by atoms with Gasteiger partial charge in [0.2, 0.25) is 0 Å². The van der Waals surface area contributed by atoms with Crippen molar-refractivity contribution >= 4 is 23.6 Å². The highest BCUT2D eigenvalue weighted by Crippen LogP contribution is 2.20. The Balaban J connectivity index is 2.61. The summed E-state index contributed by atoms with van der Waals surface area (Å²) in [6, 6.07) is 0.